The fourth-order valence-electron chi connectivity index (χ4n) is 4.20. The Morgan fingerprint density at radius 3 is 2.36 bits per heavy atom. The van der Waals surface area contributed by atoms with Crippen LogP contribution in [-0.2, 0) is 11.0 Å². The van der Waals surface area contributed by atoms with Gasteiger partial charge in [-0.3, -0.25) is 10.2 Å². The summed E-state index contributed by atoms with van der Waals surface area (Å²) in [6, 6.07) is 5.32. The van der Waals surface area contributed by atoms with Gasteiger partial charge in [0.25, 0.3) is 0 Å². The van der Waals surface area contributed by atoms with Crippen molar-refractivity contribution in [2.75, 3.05) is 44.2 Å². The van der Waals surface area contributed by atoms with Gasteiger partial charge in [0.05, 0.1) is 5.56 Å². The van der Waals surface area contributed by atoms with Gasteiger partial charge >= 0.3 is 6.18 Å². The Morgan fingerprint density at radius 2 is 1.71 bits per heavy atom. The summed E-state index contributed by atoms with van der Waals surface area (Å²) in [7, 11) is 0. The third kappa shape index (κ3) is 4.22. The third-order valence-electron chi connectivity index (χ3n) is 5.80. The van der Waals surface area contributed by atoms with Crippen molar-refractivity contribution in [3.63, 3.8) is 0 Å². The maximum absolute atomic E-state index is 12.9. The molecule has 3 aliphatic rings. The van der Waals surface area contributed by atoms with Gasteiger partial charge in [-0.05, 0) is 37.2 Å². The average molecular weight is 420 g/mol. The lowest BCUT2D eigenvalue weighted by Crippen LogP contribution is -2.56. The highest BCUT2D eigenvalue weighted by atomic mass is 35.5. The van der Waals surface area contributed by atoms with Crippen LogP contribution < -0.4 is 21.1 Å². The van der Waals surface area contributed by atoms with E-state index >= 15 is 0 Å². The Hall–Kier alpha value is -1.55. The van der Waals surface area contributed by atoms with Crippen LogP contribution in [0.4, 0.5) is 18.9 Å². The number of fused-ring (bicyclic) bond motifs is 1. The van der Waals surface area contributed by atoms with Gasteiger partial charge < -0.3 is 15.1 Å². The largest absolute Gasteiger partial charge is 0.416 e. The van der Waals surface area contributed by atoms with E-state index in [4.69, 9.17) is 0 Å². The zero-order valence-electron chi connectivity index (χ0n) is 15.3. The van der Waals surface area contributed by atoms with E-state index in [0.29, 0.717) is 32.2 Å². The topological polar surface area (TPSA) is 59.6 Å². The van der Waals surface area contributed by atoms with Crippen LogP contribution in [0.2, 0.25) is 0 Å². The summed E-state index contributed by atoms with van der Waals surface area (Å²) in [5.74, 6) is 0.352. The number of hydrogen-bond donors (Lipinski definition) is 3. The van der Waals surface area contributed by atoms with Crippen LogP contribution in [0.3, 0.4) is 0 Å². The van der Waals surface area contributed by atoms with E-state index in [-0.39, 0.29) is 30.3 Å². The number of anilines is 1. The van der Waals surface area contributed by atoms with E-state index in [0.717, 1.165) is 37.3 Å². The fourth-order valence-corrected chi connectivity index (χ4v) is 4.20. The second-order valence-corrected chi connectivity index (χ2v) is 7.39. The number of halogens is 4. The molecule has 3 heterocycles. The molecule has 0 radical (unpaired) electrons. The number of piperidine rings is 1. The summed E-state index contributed by atoms with van der Waals surface area (Å²) < 4.78 is 38.1. The first-order valence-corrected chi connectivity index (χ1v) is 9.36. The SMILES string of the molecule is Cl.O=C(C1NNC2CCNCC21)N1CCN(c2ccc(C(F)(F)F)cc2)CC1. The summed E-state index contributed by atoms with van der Waals surface area (Å²) in [6.45, 7) is 4.16. The molecule has 28 heavy (non-hydrogen) atoms. The summed E-state index contributed by atoms with van der Waals surface area (Å²) in [4.78, 5) is 16.8. The van der Waals surface area contributed by atoms with Gasteiger partial charge in [-0.2, -0.15) is 13.2 Å². The lowest BCUT2D eigenvalue weighted by Gasteiger charge is -2.38. The normalized spacial score (nSPS) is 27.9. The molecule has 3 aliphatic heterocycles. The molecule has 3 atom stereocenters. The molecule has 6 nitrogen and oxygen atoms in total. The number of alkyl halides is 3. The van der Waals surface area contributed by atoms with E-state index in [2.05, 4.69) is 16.2 Å². The average Bonchev–Trinajstić information content (AvgIpc) is 3.11. The second-order valence-electron chi connectivity index (χ2n) is 7.39. The lowest BCUT2D eigenvalue weighted by molar-refractivity contribution is -0.137. The summed E-state index contributed by atoms with van der Waals surface area (Å²) in [5, 5.41) is 3.35. The van der Waals surface area contributed by atoms with Gasteiger partial charge in [0.15, 0.2) is 0 Å². The van der Waals surface area contributed by atoms with Gasteiger partial charge in [-0.15, -0.1) is 12.4 Å². The lowest BCUT2D eigenvalue weighted by atomic mass is 9.89. The Bertz CT molecular complexity index is 679. The second kappa shape index (κ2) is 8.44. The number of amides is 1. The molecule has 4 rings (SSSR count). The van der Waals surface area contributed by atoms with E-state index in [1.165, 1.54) is 12.1 Å². The Kier molecular flexibility index (Phi) is 6.38. The highest BCUT2D eigenvalue weighted by Gasteiger charge is 2.43. The first-order chi connectivity index (χ1) is 12.9. The third-order valence-corrected chi connectivity index (χ3v) is 5.80. The van der Waals surface area contributed by atoms with E-state index in [1.807, 2.05) is 9.80 Å². The molecule has 0 bridgehead atoms. The van der Waals surface area contributed by atoms with Gasteiger partial charge in [0, 0.05) is 50.4 Å². The number of rotatable bonds is 2. The van der Waals surface area contributed by atoms with Crippen molar-refractivity contribution >= 4 is 24.0 Å². The molecular formula is C18H25ClF3N5O. The molecule has 0 spiro atoms. The fraction of sp³-hybridized carbons (Fsp3) is 0.611. The summed E-state index contributed by atoms with van der Waals surface area (Å²) in [6.07, 6.45) is -3.32. The Balaban J connectivity index is 0.00000225. The van der Waals surface area contributed by atoms with Crippen molar-refractivity contribution in [3.05, 3.63) is 29.8 Å². The maximum atomic E-state index is 12.9. The molecule has 0 saturated carbocycles. The van der Waals surface area contributed by atoms with Crippen molar-refractivity contribution in [1.82, 2.24) is 21.1 Å². The molecule has 3 saturated heterocycles. The van der Waals surface area contributed by atoms with Crippen LogP contribution >= 0.6 is 12.4 Å². The first kappa shape index (κ1) is 21.2. The van der Waals surface area contributed by atoms with Crippen molar-refractivity contribution in [2.24, 2.45) is 5.92 Å². The number of hydrogen-bond acceptors (Lipinski definition) is 5. The molecule has 1 aromatic carbocycles. The van der Waals surface area contributed by atoms with Crippen LogP contribution in [0.1, 0.15) is 12.0 Å². The van der Waals surface area contributed by atoms with Crippen molar-refractivity contribution in [1.29, 1.82) is 0 Å². The van der Waals surface area contributed by atoms with Crippen molar-refractivity contribution in [2.45, 2.75) is 24.7 Å². The number of nitrogens with zero attached hydrogens (tertiary/aromatic N) is 2. The molecule has 3 fully saturated rings. The molecule has 1 aromatic rings. The molecule has 10 heteroatoms. The predicted molar refractivity (Wildman–Crippen MR) is 102 cm³/mol. The van der Waals surface area contributed by atoms with Crippen LogP contribution in [-0.4, -0.2) is 62.2 Å². The van der Waals surface area contributed by atoms with E-state index < -0.39 is 11.7 Å². The molecule has 3 N–H and O–H groups in total. The van der Waals surface area contributed by atoms with Crippen LogP contribution in [0.15, 0.2) is 24.3 Å². The Morgan fingerprint density at radius 1 is 1.04 bits per heavy atom. The zero-order valence-corrected chi connectivity index (χ0v) is 16.2. The number of piperazine rings is 1. The van der Waals surface area contributed by atoms with Gasteiger partial charge in [0.2, 0.25) is 5.91 Å². The minimum Gasteiger partial charge on any atom is -0.368 e. The summed E-state index contributed by atoms with van der Waals surface area (Å²) in [5.41, 5.74) is 6.51. The minimum absolute atomic E-state index is 0. The number of benzene rings is 1. The van der Waals surface area contributed by atoms with Gasteiger partial charge in [-0.25, -0.2) is 5.43 Å². The van der Waals surface area contributed by atoms with Crippen molar-refractivity contribution < 1.29 is 18.0 Å². The number of carbonyl (C=O) groups excluding carboxylic acids is 1. The first-order valence-electron chi connectivity index (χ1n) is 9.36. The molecular weight excluding hydrogens is 395 g/mol. The number of carbonyl (C=O) groups is 1. The minimum atomic E-state index is -4.32. The maximum Gasteiger partial charge on any atom is 0.416 e. The number of hydrazine groups is 1. The van der Waals surface area contributed by atoms with Gasteiger partial charge in [0.1, 0.15) is 6.04 Å². The molecule has 0 aliphatic carbocycles. The molecule has 1 amide bonds. The van der Waals surface area contributed by atoms with Crippen LogP contribution in [0.25, 0.3) is 0 Å². The standard InChI is InChI=1S/C18H24F3N5O.ClH/c19-18(20,21)12-1-3-13(4-2-12)25-7-9-26(10-8-25)17(27)16-14-11-22-6-5-15(14)23-24-16;/h1-4,14-16,22-24H,5-11H2;1H. The van der Waals surface area contributed by atoms with Gasteiger partial charge in [-0.1, -0.05) is 0 Å². The van der Waals surface area contributed by atoms with E-state index in [9.17, 15) is 18.0 Å². The number of nitrogens with one attached hydrogen (secondary N) is 3. The highest BCUT2D eigenvalue weighted by molar-refractivity contribution is 5.85. The Labute approximate surface area is 168 Å². The zero-order chi connectivity index (χ0) is 19.0. The summed E-state index contributed by atoms with van der Waals surface area (Å²) >= 11 is 0. The van der Waals surface area contributed by atoms with E-state index in [1.54, 1.807) is 0 Å². The smallest absolute Gasteiger partial charge is 0.368 e. The molecule has 3 unspecified atom stereocenters. The molecule has 0 aromatic heterocycles. The monoisotopic (exact) mass is 419 g/mol. The van der Waals surface area contributed by atoms with Crippen LogP contribution in [0, 0.1) is 5.92 Å². The van der Waals surface area contributed by atoms with Crippen molar-refractivity contribution in [3.8, 4) is 0 Å². The quantitative estimate of drug-likeness (QED) is 0.673. The highest BCUT2D eigenvalue weighted by Crippen LogP contribution is 2.31. The predicted octanol–water partition coefficient (Wildman–Crippen LogP) is 1.23. The van der Waals surface area contributed by atoms with Crippen LogP contribution in [0.5, 0.6) is 0 Å². The molecule has 156 valence electrons.